The summed E-state index contributed by atoms with van der Waals surface area (Å²) in [7, 11) is 0. The zero-order valence-electron chi connectivity index (χ0n) is 10.1. The molecule has 0 saturated carbocycles. The van der Waals surface area contributed by atoms with Crippen molar-refractivity contribution in [1.29, 1.82) is 0 Å². The van der Waals surface area contributed by atoms with Crippen LogP contribution < -0.4 is 10.2 Å². The van der Waals surface area contributed by atoms with Crippen molar-refractivity contribution in [2.75, 3.05) is 4.90 Å². The lowest BCUT2D eigenvalue weighted by atomic mass is 10.1. The molecule has 0 radical (unpaired) electrons. The Labute approximate surface area is 105 Å². The molecule has 1 aliphatic heterocycles. The number of hydrogen-bond donors (Lipinski definition) is 1. The summed E-state index contributed by atoms with van der Waals surface area (Å²) in [5, 5.41) is 2.13. The van der Waals surface area contributed by atoms with Crippen molar-refractivity contribution in [2.45, 2.75) is 26.2 Å². The average molecular weight is 246 g/mol. The van der Waals surface area contributed by atoms with Gasteiger partial charge in [0.1, 0.15) is 6.42 Å². The Kier molecular flexibility index (Phi) is 3.41. The Bertz CT molecular complexity index is 473. The molecule has 5 nitrogen and oxygen atoms in total. The van der Waals surface area contributed by atoms with Gasteiger partial charge >= 0.3 is 6.03 Å². The summed E-state index contributed by atoms with van der Waals surface area (Å²) < 4.78 is 0. The van der Waals surface area contributed by atoms with E-state index in [1.54, 1.807) is 12.1 Å². The number of hydrogen-bond acceptors (Lipinski definition) is 3. The topological polar surface area (TPSA) is 66.5 Å². The molecule has 0 atom stereocenters. The maximum absolute atomic E-state index is 11.7. The standard InChI is InChI=1S/C13H14N2O3/c1-2-3-9-4-6-10(7-5-9)15-12(17)8-11(16)14-13(15)18/h4-7H,2-3,8H2,1H3,(H,14,16,18). The Morgan fingerprint density at radius 3 is 2.39 bits per heavy atom. The van der Waals surface area contributed by atoms with Gasteiger partial charge in [0, 0.05) is 0 Å². The lowest BCUT2D eigenvalue weighted by molar-refractivity contribution is -0.128. The third-order valence-corrected chi connectivity index (χ3v) is 2.74. The highest BCUT2D eigenvalue weighted by molar-refractivity contribution is 6.26. The van der Waals surface area contributed by atoms with Crippen LogP contribution in [-0.4, -0.2) is 17.8 Å². The van der Waals surface area contributed by atoms with Gasteiger partial charge in [0.2, 0.25) is 11.8 Å². The minimum absolute atomic E-state index is 0.289. The third kappa shape index (κ3) is 2.40. The number of rotatable bonds is 3. The van der Waals surface area contributed by atoms with E-state index in [1.165, 1.54) is 0 Å². The van der Waals surface area contributed by atoms with E-state index in [1.807, 2.05) is 12.1 Å². The van der Waals surface area contributed by atoms with E-state index in [-0.39, 0.29) is 6.42 Å². The fraction of sp³-hybridized carbons (Fsp3) is 0.308. The second kappa shape index (κ2) is 5.00. The van der Waals surface area contributed by atoms with Gasteiger partial charge in [-0.3, -0.25) is 14.9 Å². The molecular formula is C13H14N2O3. The number of barbiturate groups is 1. The summed E-state index contributed by atoms with van der Waals surface area (Å²) in [6.07, 6.45) is 1.71. The van der Waals surface area contributed by atoms with Gasteiger partial charge in [-0.05, 0) is 24.1 Å². The number of urea groups is 1. The first-order valence-corrected chi connectivity index (χ1v) is 5.87. The first-order chi connectivity index (χ1) is 8.61. The highest BCUT2D eigenvalue weighted by Crippen LogP contribution is 2.19. The molecule has 0 unspecified atom stereocenters. The molecule has 1 aromatic carbocycles. The number of benzene rings is 1. The molecule has 1 fully saturated rings. The van der Waals surface area contributed by atoms with Crippen molar-refractivity contribution in [1.82, 2.24) is 5.32 Å². The number of amides is 4. The van der Waals surface area contributed by atoms with Crippen molar-refractivity contribution < 1.29 is 14.4 Å². The second-order valence-electron chi connectivity index (χ2n) is 4.18. The van der Waals surface area contributed by atoms with Crippen LogP contribution in [0.3, 0.4) is 0 Å². The summed E-state index contributed by atoms with van der Waals surface area (Å²) in [4.78, 5) is 35.3. The quantitative estimate of drug-likeness (QED) is 0.824. The Morgan fingerprint density at radius 2 is 1.83 bits per heavy atom. The normalized spacial score (nSPS) is 15.8. The fourth-order valence-corrected chi connectivity index (χ4v) is 1.91. The van der Waals surface area contributed by atoms with Crippen LogP contribution in [0.4, 0.5) is 10.5 Å². The summed E-state index contributed by atoms with van der Waals surface area (Å²) in [6, 6.07) is 6.53. The molecule has 2 rings (SSSR count). The molecule has 5 heteroatoms. The zero-order valence-corrected chi connectivity index (χ0v) is 10.1. The van der Waals surface area contributed by atoms with Crippen LogP contribution in [0, 0.1) is 0 Å². The lowest BCUT2D eigenvalue weighted by Crippen LogP contribution is -2.52. The van der Waals surface area contributed by atoms with E-state index in [2.05, 4.69) is 12.2 Å². The van der Waals surface area contributed by atoms with E-state index >= 15 is 0 Å². The molecule has 0 bridgehead atoms. The summed E-state index contributed by atoms with van der Waals surface area (Å²) in [5.74, 6) is -1.05. The fourth-order valence-electron chi connectivity index (χ4n) is 1.91. The highest BCUT2D eigenvalue weighted by atomic mass is 16.2. The maximum Gasteiger partial charge on any atom is 0.335 e. The van der Waals surface area contributed by atoms with Gasteiger partial charge in [-0.2, -0.15) is 0 Å². The molecule has 0 aromatic heterocycles. The number of carbonyl (C=O) groups is 3. The molecule has 0 spiro atoms. The van der Waals surface area contributed by atoms with E-state index in [9.17, 15) is 14.4 Å². The van der Waals surface area contributed by atoms with Gasteiger partial charge < -0.3 is 0 Å². The van der Waals surface area contributed by atoms with Crippen molar-refractivity contribution in [2.24, 2.45) is 0 Å². The van der Waals surface area contributed by atoms with Gasteiger partial charge in [0.05, 0.1) is 5.69 Å². The van der Waals surface area contributed by atoms with Gasteiger partial charge in [-0.25, -0.2) is 9.69 Å². The van der Waals surface area contributed by atoms with Crippen LogP contribution >= 0.6 is 0 Å². The number of carbonyl (C=O) groups excluding carboxylic acids is 3. The Morgan fingerprint density at radius 1 is 1.17 bits per heavy atom. The van der Waals surface area contributed by atoms with E-state index < -0.39 is 17.8 Å². The summed E-state index contributed by atoms with van der Waals surface area (Å²) in [6.45, 7) is 2.08. The number of anilines is 1. The Hall–Kier alpha value is -2.17. The molecule has 1 N–H and O–H groups in total. The van der Waals surface area contributed by atoms with Gasteiger partial charge in [0.25, 0.3) is 0 Å². The predicted molar refractivity (Wildman–Crippen MR) is 66.1 cm³/mol. The molecule has 1 heterocycles. The van der Waals surface area contributed by atoms with Gasteiger partial charge in [-0.1, -0.05) is 25.5 Å². The minimum Gasteiger partial charge on any atom is -0.277 e. The summed E-state index contributed by atoms with van der Waals surface area (Å²) >= 11 is 0. The number of aryl methyl sites for hydroxylation is 1. The van der Waals surface area contributed by atoms with Crippen LogP contribution in [0.25, 0.3) is 0 Å². The number of nitrogens with zero attached hydrogens (tertiary/aromatic N) is 1. The van der Waals surface area contributed by atoms with E-state index in [0.717, 1.165) is 23.3 Å². The molecular weight excluding hydrogens is 232 g/mol. The average Bonchev–Trinajstić information content (AvgIpc) is 2.30. The third-order valence-electron chi connectivity index (χ3n) is 2.74. The molecule has 94 valence electrons. The molecule has 1 aliphatic rings. The van der Waals surface area contributed by atoms with E-state index in [4.69, 9.17) is 0 Å². The van der Waals surface area contributed by atoms with Crippen molar-refractivity contribution in [3.05, 3.63) is 29.8 Å². The first kappa shape index (κ1) is 12.3. The van der Waals surface area contributed by atoms with Crippen LogP contribution in [0.15, 0.2) is 24.3 Å². The van der Waals surface area contributed by atoms with Gasteiger partial charge in [0.15, 0.2) is 0 Å². The summed E-state index contributed by atoms with van der Waals surface area (Å²) in [5.41, 5.74) is 1.65. The van der Waals surface area contributed by atoms with Crippen molar-refractivity contribution >= 4 is 23.5 Å². The predicted octanol–water partition coefficient (Wildman–Crippen LogP) is 1.61. The number of nitrogens with one attached hydrogen (secondary N) is 1. The van der Waals surface area contributed by atoms with Gasteiger partial charge in [-0.15, -0.1) is 0 Å². The number of imide groups is 2. The highest BCUT2D eigenvalue weighted by Gasteiger charge is 2.31. The van der Waals surface area contributed by atoms with Crippen LogP contribution in [0.2, 0.25) is 0 Å². The largest absolute Gasteiger partial charge is 0.335 e. The lowest BCUT2D eigenvalue weighted by Gasteiger charge is -2.24. The Balaban J connectivity index is 2.22. The zero-order chi connectivity index (χ0) is 13.1. The molecule has 1 saturated heterocycles. The van der Waals surface area contributed by atoms with Crippen molar-refractivity contribution in [3.8, 4) is 0 Å². The first-order valence-electron chi connectivity index (χ1n) is 5.87. The molecule has 18 heavy (non-hydrogen) atoms. The monoisotopic (exact) mass is 246 g/mol. The smallest absolute Gasteiger partial charge is 0.277 e. The molecule has 1 aromatic rings. The SMILES string of the molecule is CCCc1ccc(N2C(=O)CC(=O)NC2=O)cc1. The van der Waals surface area contributed by atoms with Crippen LogP contribution in [-0.2, 0) is 16.0 Å². The van der Waals surface area contributed by atoms with E-state index in [0.29, 0.717) is 5.69 Å². The van der Waals surface area contributed by atoms with Crippen molar-refractivity contribution in [3.63, 3.8) is 0 Å². The maximum atomic E-state index is 11.7. The minimum atomic E-state index is -0.681. The molecule has 0 aliphatic carbocycles. The van der Waals surface area contributed by atoms with Crippen LogP contribution in [0.1, 0.15) is 25.3 Å². The second-order valence-corrected chi connectivity index (χ2v) is 4.18. The van der Waals surface area contributed by atoms with Crippen LogP contribution in [0.5, 0.6) is 0 Å². The molecule has 4 amide bonds.